The molecule has 0 aliphatic heterocycles. The summed E-state index contributed by atoms with van der Waals surface area (Å²) in [5.41, 5.74) is 0.628. The van der Waals surface area contributed by atoms with E-state index < -0.39 is 22.2 Å². The molecule has 8 heteroatoms. The Hall–Kier alpha value is -0.600. The molecule has 19 heavy (non-hydrogen) atoms. The monoisotopic (exact) mass is 359 g/mol. The van der Waals surface area contributed by atoms with Crippen LogP contribution < -0.4 is 4.72 Å². The minimum Gasteiger partial charge on any atom is -0.207 e. The van der Waals surface area contributed by atoms with E-state index in [1.54, 1.807) is 11.6 Å². The van der Waals surface area contributed by atoms with Crippen molar-refractivity contribution in [3.63, 3.8) is 0 Å². The number of aryl methyl sites for hydroxylation is 1. The highest BCUT2D eigenvalue weighted by Crippen LogP contribution is 2.25. The molecule has 0 aromatic heterocycles. The van der Waals surface area contributed by atoms with E-state index in [0.717, 1.165) is 0 Å². The third kappa shape index (κ3) is 4.19. The van der Waals surface area contributed by atoms with Crippen LogP contribution in [0.15, 0.2) is 27.6 Å². The van der Waals surface area contributed by atoms with Crippen LogP contribution in [-0.4, -0.2) is 20.6 Å². The predicted octanol–water partition coefficient (Wildman–Crippen LogP) is 3.38. The highest BCUT2D eigenvalue weighted by molar-refractivity contribution is 9.10. The summed E-state index contributed by atoms with van der Waals surface area (Å²) in [6, 6.07) is 1.97. The van der Waals surface area contributed by atoms with E-state index in [0.29, 0.717) is 10.0 Å². The maximum atomic E-state index is 12.6. The van der Waals surface area contributed by atoms with E-state index in [4.69, 9.17) is 0 Å². The van der Waals surface area contributed by atoms with Gasteiger partial charge in [-0.2, -0.15) is 17.9 Å². The van der Waals surface area contributed by atoms with Crippen molar-refractivity contribution in [3.05, 3.63) is 28.2 Å². The van der Waals surface area contributed by atoms with Crippen LogP contribution in [0.2, 0.25) is 0 Å². The van der Waals surface area contributed by atoms with Crippen LogP contribution in [0.5, 0.6) is 0 Å². The first-order chi connectivity index (χ1) is 8.58. The summed E-state index contributed by atoms with van der Waals surface area (Å²) in [7, 11) is -4.18. The van der Waals surface area contributed by atoms with Crippen LogP contribution in [0.4, 0.5) is 13.2 Å². The maximum absolute atomic E-state index is 12.6. The molecule has 0 amide bonds. The van der Waals surface area contributed by atoms with E-state index in [1.807, 2.05) is 0 Å². The highest BCUT2D eigenvalue weighted by Gasteiger charge is 2.40. The summed E-state index contributed by atoms with van der Waals surface area (Å²) in [6.45, 7) is 2.93. The second-order valence-electron chi connectivity index (χ2n) is 4.03. The van der Waals surface area contributed by atoms with Gasteiger partial charge in [0.05, 0.1) is 4.90 Å². The Morgan fingerprint density at radius 2 is 1.95 bits per heavy atom. The summed E-state index contributed by atoms with van der Waals surface area (Å²) in [5, 5.41) is 0. The standard InChI is InChI=1S/C11H13BrF3NO2S/c1-3-10(11(13,14)15)16-19(17,18)8-4-5-9(12)7(2)6-8/h4-6,10,16H,3H2,1-2H3/t10-/m0/s1. The topological polar surface area (TPSA) is 46.2 Å². The summed E-state index contributed by atoms with van der Waals surface area (Å²) in [5.74, 6) is 0. The second-order valence-corrected chi connectivity index (χ2v) is 6.60. The lowest BCUT2D eigenvalue weighted by Crippen LogP contribution is -2.44. The summed E-state index contributed by atoms with van der Waals surface area (Å²) in [6.07, 6.45) is -4.97. The van der Waals surface area contributed by atoms with Crippen LogP contribution >= 0.6 is 15.9 Å². The SMILES string of the molecule is CC[C@H](NS(=O)(=O)c1ccc(Br)c(C)c1)C(F)(F)F. The predicted molar refractivity (Wildman–Crippen MR) is 69.3 cm³/mol. The number of nitrogens with one attached hydrogen (secondary N) is 1. The molecule has 1 rings (SSSR count). The fraction of sp³-hybridized carbons (Fsp3) is 0.455. The summed E-state index contributed by atoms with van der Waals surface area (Å²) >= 11 is 3.20. The molecule has 0 aliphatic rings. The number of halogens is 4. The van der Waals surface area contributed by atoms with Crippen LogP contribution in [0, 0.1) is 6.92 Å². The average Bonchev–Trinajstić information content (AvgIpc) is 2.28. The van der Waals surface area contributed by atoms with Gasteiger partial charge in [-0.15, -0.1) is 0 Å². The van der Waals surface area contributed by atoms with Crippen molar-refractivity contribution in [3.8, 4) is 0 Å². The molecule has 0 unspecified atom stereocenters. The van der Waals surface area contributed by atoms with Gasteiger partial charge < -0.3 is 0 Å². The molecule has 0 saturated heterocycles. The molecule has 0 aliphatic carbocycles. The van der Waals surface area contributed by atoms with E-state index in [9.17, 15) is 21.6 Å². The number of hydrogen-bond acceptors (Lipinski definition) is 2. The van der Waals surface area contributed by atoms with Crippen molar-refractivity contribution in [2.45, 2.75) is 37.4 Å². The third-order valence-electron chi connectivity index (χ3n) is 2.54. The zero-order valence-electron chi connectivity index (χ0n) is 10.3. The number of hydrogen-bond donors (Lipinski definition) is 1. The Balaban J connectivity index is 3.07. The van der Waals surface area contributed by atoms with Gasteiger partial charge in [0.1, 0.15) is 6.04 Å². The largest absolute Gasteiger partial charge is 0.404 e. The van der Waals surface area contributed by atoms with Gasteiger partial charge in [0.15, 0.2) is 0 Å². The van der Waals surface area contributed by atoms with Crippen molar-refractivity contribution in [1.29, 1.82) is 0 Å². The highest BCUT2D eigenvalue weighted by atomic mass is 79.9. The molecule has 0 spiro atoms. The lowest BCUT2D eigenvalue weighted by molar-refractivity contribution is -0.151. The van der Waals surface area contributed by atoms with E-state index in [2.05, 4.69) is 15.9 Å². The van der Waals surface area contributed by atoms with Crippen LogP contribution in [0.3, 0.4) is 0 Å². The van der Waals surface area contributed by atoms with Gasteiger partial charge in [0, 0.05) is 4.47 Å². The lowest BCUT2D eigenvalue weighted by atomic mass is 10.2. The third-order valence-corrected chi connectivity index (χ3v) is 4.90. The molecule has 0 radical (unpaired) electrons. The van der Waals surface area contributed by atoms with Crippen LogP contribution in [-0.2, 0) is 10.0 Å². The first-order valence-electron chi connectivity index (χ1n) is 5.43. The molecular weight excluding hydrogens is 347 g/mol. The molecule has 0 fully saturated rings. The number of rotatable bonds is 4. The fourth-order valence-electron chi connectivity index (χ4n) is 1.42. The van der Waals surface area contributed by atoms with Crippen molar-refractivity contribution in [2.75, 3.05) is 0 Å². The molecular formula is C11H13BrF3NO2S. The van der Waals surface area contributed by atoms with E-state index in [-0.39, 0.29) is 11.3 Å². The van der Waals surface area contributed by atoms with E-state index in [1.165, 1.54) is 25.1 Å². The quantitative estimate of drug-likeness (QED) is 0.895. The number of sulfonamides is 1. The zero-order valence-corrected chi connectivity index (χ0v) is 12.7. The van der Waals surface area contributed by atoms with Crippen molar-refractivity contribution in [1.82, 2.24) is 4.72 Å². The minimum absolute atomic E-state index is 0.184. The molecule has 3 nitrogen and oxygen atoms in total. The number of benzene rings is 1. The van der Waals surface area contributed by atoms with Gasteiger partial charge in [0.2, 0.25) is 10.0 Å². The first-order valence-corrected chi connectivity index (χ1v) is 7.70. The summed E-state index contributed by atoms with van der Waals surface area (Å²) in [4.78, 5) is -0.184. The minimum atomic E-state index is -4.60. The van der Waals surface area contributed by atoms with Gasteiger partial charge >= 0.3 is 6.18 Å². The average molecular weight is 360 g/mol. The second kappa shape index (κ2) is 5.80. The molecule has 0 bridgehead atoms. The lowest BCUT2D eigenvalue weighted by Gasteiger charge is -2.20. The van der Waals surface area contributed by atoms with Crippen LogP contribution in [0.1, 0.15) is 18.9 Å². The molecule has 1 N–H and O–H groups in total. The van der Waals surface area contributed by atoms with Gasteiger partial charge in [0.25, 0.3) is 0 Å². The molecule has 1 aromatic carbocycles. The Morgan fingerprint density at radius 3 is 2.37 bits per heavy atom. The van der Waals surface area contributed by atoms with Crippen molar-refractivity contribution < 1.29 is 21.6 Å². The first kappa shape index (κ1) is 16.5. The summed E-state index contributed by atoms with van der Waals surface area (Å²) < 4.78 is 63.9. The van der Waals surface area contributed by atoms with E-state index >= 15 is 0 Å². The Morgan fingerprint density at radius 1 is 1.37 bits per heavy atom. The molecule has 0 heterocycles. The van der Waals surface area contributed by atoms with Gasteiger partial charge in [-0.1, -0.05) is 22.9 Å². The van der Waals surface area contributed by atoms with Gasteiger partial charge in [-0.3, -0.25) is 0 Å². The fourth-order valence-corrected chi connectivity index (χ4v) is 3.06. The molecule has 1 aromatic rings. The van der Waals surface area contributed by atoms with Gasteiger partial charge in [-0.05, 0) is 37.1 Å². The molecule has 0 saturated carbocycles. The normalized spacial score (nSPS) is 14.4. The van der Waals surface area contributed by atoms with Gasteiger partial charge in [-0.25, -0.2) is 8.42 Å². The van der Waals surface area contributed by atoms with Crippen LogP contribution in [0.25, 0.3) is 0 Å². The Labute approximate surface area is 118 Å². The molecule has 108 valence electrons. The Bertz CT molecular complexity index is 558. The van der Waals surface area contributed by atoms with Crippen molar-refractivity contribution in [2.24, 2.45) is 0 Å². The van der Waals surface area contributed by atoms with Crippen molar-refractivity contribution >= 4 is 26.0 Å². The number of alkyl halides is 3. The molecule has 1 atom stereocenters. The smallest absolute Gasteiger partial charge is 0.207 e. The maximum Gasteiger partial charge on any atom is 0.404 e. The Kier molecular flexibility index (Phi) is 5.02. The zero-order chi connectivity index (χ0) is 14.8.